The smallest absolute Gasteiger partial charge is 0.107 e. The van der Waals surface area contributed by atoms with E-state index in [2.05, 4.69) is 38.2 Å². The number of nitrogens with zero attached hydrogens (tertiary/aromatic N) is 2. The highest BCUT2D eigenvalue weighted by molar-refractivity contribution is 7.10. The minimum Gasteiger partial charge on any atom is -0.304 e. The van der Waals surface area contributed by atoms with E-state index in [4.69, 9.17) is 0 Å². The van der Waals surface area contributed by atoms with E-state index in [-0.39, 0.29) is 0 Å². The van der Waals surface area contributed by atoms with Crippen LogP contribution in [0.5, 0.6) is 0 Å². The number of benzene rings is 1. The molecule has 0 spiro atoms. The lowest BCUT2D eigenvalue weighted by molar-refractivity contribution is 0.686. The second-order valence-corrected chi connectivity index (χ2v) is 6.36. The Labute approximate surface area is 126 Å². The van der Waals surface area contributed by atoms with Crippen LogP contribution in [0.4, 0.5) is 0 Å². The van der Waals surface area contributed by atoms with Crippen LogP contribution in [-0.4, -0.2) is 9.97 Å². The van der Waals surface area contributed by atoms with Gasteiger partial charge in [0.25, 0.3) is 0 Å². The van der Waals surface area contributed by atoms with Crippen LogP contribution < -0.4 is 5.32 Å². The van der Waals surface area contributed by atoms with Crippen molar-refractivity contribution in [2.24, 2.45) is 0 Å². The summed E-state index contributed by atoms with van der Waals surface area (Å²) in [4.78, 5) is 9.09. The first-order chi connectivity index (χ1) is 9.81. The van der Waals surface area contributed by atoms with E-state index in [9.17, 15) is 0 Å². The summed E-state index contributed by atoms with van der Waals surface area (Å²) in [6.45, 7) is 3.61. The molecule has 2 heterocycles. The van der Waals surface area contributed by atoms with E-state index >= 15 is 0 Å². The maximum Gasteiger partial charge on any atom is 0.107 e. The van der Waals surface area contributed by atoms with Crippen LogP contribution in [-0.2, 0) is 13.1 Å². The molecule has 20 heavy (non-hydrogen) atoms. The standard InChI is InChI=1S/C15H15N3S2/c1-11-9-19-14(17-11)7-16-8-15-18-13(10-20-15)12-5-3-2-4-6-12/h2-6,9-10,16H,7-8H2,1H3. The fourth-order valence-electron chi connectivity index (χ4n) is 1.89. The zero-order chi connectivity index (χ0) is 13.8. The minimum absolute atomic E-state index is 0.788. The van der Waals surface area contributed by atoms with Crippen LogP contribution in [0.15, 0.2) is 41.1 Å². The molecule has 0 unspecified atom stereocenters. The fraction of sp³-hybridized carbons (Fsp3) is 0.200. The second kappa shape index (κ2) is 6.26. The molecule has 1 aromatic carbocycles. The summed E-state index contributed by atoms with van der Waals surface area (Å²) in [5.41, 5.74) is 3.32. The SMILES string of the molecule is Cc1csc(CNCc2nc(-c3ccccc3)cs2)n1. The van der Waals surface area contributed by atoms with E-state index in [0.29, 0.717) is 0 Å². The molecule has 2 aromatic heterocycles. The first-order valence-electron chi connectivity index (χ1n) is 6.43. The first kappa shape index (κ1) is 13.4. The van der Waals surface area contributed by atoms with E-state index in [1.54, 1.807) is 22.7 Å². The van der Waals surface area contributed by atoms with Gasteiger partial charge in [-0.25, -0.2) is 9.97 Å². The maximum absolute atomic E-state index is 4.66. The Hall–Kier alpha value is -1.56. The van der Waals surface area contributed by atoms with Crippen LogP contribution in [0.1, 0.15) is 15.7 Å². The summed E-state index contributed by atoms with van der Waals surface area (Å²) in [5, 5.41) is 9.82. The molecule has 1 N–H and O–H groups in total. The van der Waals surface area contributed by atoms with Crippen molar-refractivity contribution in [3.8, 4) is 11.3 Å². The van der Waals surface area contributed by atoms with Gasteiger partial charge >= 0.3 is 0 Å². The number of hydrogen-bond donors (Lipinski definition) is 1. The normalized spacial score (nSPS) is 10.8. The predicted molar refractivity (Wildman–Crippen MR) is 84.9 cm³/mol. The molecule has 3 rings (SSSR count). The van der Waals surface area contributed by atoms with Crippen LogP contribution >= 0.6 is 22.7 Å². The molecule has 3 nitrogen and oxygen atoms in total. The minimum atomic E-state index is 0.788. The molecule has 0 aliphatic heterocycles. The number of hydrogen-bond acceptors (Lipinski definition) is 5. The second-order valence-electron chi connectivity index (χ2n) is 4.48. The summed E-state index contributed by atoms with van der Waals surface area (Å²) in [7, 11) is 0. The molecule has 0 aliphatic carbocycles. The van der Waals surface area contributed by atoms with Gasteiger partial charge in [-0.1, -0.05) is 30.3 Å². The molecule has 0 radical (unpaired) electrons. The average molecular weight is 301 g/mol. The Morgan fingerprint density at radius 1 is 0.950 bits per heavy atom. The molecule has 5 heteroatoms. The highest BCUT2D eigenvalue weighted by atomic mass is 32.1. The summed E-state index contributed by atoms with van der Waals surface area (Å²) in [6.07, 6.45) is 0. The summed E-state index contributed by atoms with van der Waals surface area (Å²) >= 11 is 3.39. The lowest BCUT2D eigenvalue weighted by Crippen LogP contribution is -2.12. The fourth-order valence-corrected chi connectivity index (χ4v) is 3.41. The largest absolute Gasteiger partial charge is 0.304 e. The first-order valence-corrected chi connectivity index (χ1v) is 8.19. The highest BCUT2D eigenvalue weighted by Crippen LogP contribution is 2.21. The van der Waals surface area contributed by atoms with Gasteiger partial charge in [0.05, 0.1) is 5.69 Å². The lowest BCUT2D eigenvalue weighted by Gasteiger charge is -1.99. The number of thiazole rings is 2. The molecule has 0 fully saturated rings. The van der Waals surface area contributed by atoms with Gasteiger partial charge in [0.15, 0.2) is 0 Å². The quantitative estimate of drug-likeness (QED) is 0.777. The summed E-state index contributed by atoms with van der Waals surface area (Å²) in [6, 6.07) is 10.3. The topological polar surface area (TPSA) is 37.8 Å². The van der Waals surface area contributed by atoms with Crippen molar-refractivity contribution >= 4 is 22.7 Å². The average Bonchev–Trinajstić information content (AvgIpc) is 3.09. The van der Waals surface area contributed by atoms with Gasteiger partial charge in [-0.3, -0.25) is 0 Å². The van der Waals surface area contributed by atoms with Crippen molar-refractivity contribution in [3.63, 3.8) is 0 Å². The molecule has 0 amide bonds. The zero-order valence-electron chi connectivity index (χ0n) is 11.2. The van der Waals surface area contributed by atoms with Crippen molar-refractivity contribution < 1.29 is 0 Å². The Balaban J connectivity index is 1.58. The molecule has 0 aliphatic rings. The highest BCUT2D eigenvalue weighted by Gasteiger charge is 2.04. The van der Waals surface area contributed by atoms with Crippen molar-refractivity contribution in [2.45, 2.75) is 20.0 Å². The molecule has 0 atom stereocenters. The molecular formula is C15H15N3S2. The van der Waals surface area contributed by atoms with Crippen LogP contribution in [0.25, 0.3) is 11.3 Å². The molecule has 102 valence electrons. The van der Waals surface area contributed by atoms with Crippen molar-refractivity contribution in [1.82, 2.24) is 15.3 Å². The van der Waals surface area contributed by atoms with Crippen LogP contribution in [0.3, 0.4) is 0 Å². The number of nitrogens with one attached hydrogen (secondary N) is 1. The van der Waals surface area contributed by atoms with Crippen LogP contribution in [0.2, 0.25) is 0 Å². The van der Waals surface area contributed by atoms with Gasteiger partial charge in [-0.15, -0.1) is 22.7 Å². The van der Waals surface area contributed by atoms with Gasteiger partial charge in [0.1, 0.15) is 10.0 Å². The van der Waals surface area contributed by atoms with Crippen molar-refractivity contribution in [1.29, 1.82) is 0 Å². The van der Waals surface area contributed by atoms with Gasteiger partial charge in [0, 0.05) is 35.1 Å². The summed E-state index contributed by atoms with van der Waals surface area (Å²) < 4.78 is 0. The van der Waals surface area contributed by atoms with E-state index in [0.717, 1.165) is 34.5 Å². The van der Waals surface area contributed by atoms with Gasteiger partial charge in [-0.2, -0.15) is 0 Å². The molecule has 0 bridgehead atoms. The maximum atomic E-state index is 4.66. The third kappa shape index (κ3) is 3.30. The zero-order valence-corrected chi connectivity index (χ0v) is 12.8. The summed E-state index contributed by atoms with van der Waals surface area (Å²) in [5.74, 6) is 0. The van der Waals surface area contributed by atoms with E-state index in [1.165, 1.54) is 5.56 Å². The number of aromatic nitrogens is 2. The van der Waals surface area contributed by atoms with Gasteiger partial charge < -0.3 is 5.32 Å². The Bertz CT molecular complexity index is 673. The van der Waals surface area contributed by atoms with Gasteiger partial charge in [-0.05, 0) is 6.92 Å². The van der Waals surface area contributed by atoms with Crippen molar-refractivity contribution in [3.05, 3.63) is 56.8 Å². The molecular weight excluding hydrogens is 286 g/mol. The van der Waals surface area contributed by atoms with Gasteiger partial charge in [0.2, 0.25) is 0 Å². The van der Waals surface area contributed by atoms with Crippen LogP contribution in [0, 0.1) is 6.92 Å². The monoisotopic (exact) mass is 301 g/mol. The predicted octanol–water partition coefficient (Wildman–Crippen LogP) is 3.86. The molecule has 0 saturated heterocycles. The van der Waals surface area contributed by atoms with Crippen molar-refractivity contribution in [2.75, 3.05) is 0 Å². The van der Waals surface area contributed by atoms with E-state index in [1.807, 2.05) is 25.1 Å². The van der Waals surface area contributed by atoms with E-state index < -0.39 is 0 Å². The Morgan fingerprint density at radius 3 is 2.35 bits per heavy atom. The number of aryl methyl sites for hydroxylation is 1. The molecule has 0 saturated carbocycles. The third-order valence-electron chi connectivity index (χ3n) is 2.84. The third-order valence-corrected chi connectivity index (χ3v) is 4.66. The Kier molecular flexibility index (Phi) is 4.20. The molecule has 3 aromatic rings. The Morgan fingerprint density at radius 2 is 1.65 bits per heavy atom. The number of rotatable bonds is 5. The lowest BCUT2D eigenvalue weighted by atomic mass is 10.2.